The van der Waals surface area contributed by atoms with E-state index in [1.807, 2.05) is 40.6 Å². The Hall–Kier alpha value is -0.895. The van der Waals surface area contributed by atoms with Crippen molar-refractivity contribution < 1.29 is 0 Å². The van der Waals surface area contributed by atoms with Crippen molar-refractivity contribution in [2.24, 2.45) is 0 Å². The van der Waals surface area contributed by atoms with E-state index in [-0.39, 0.29) is 0 Å². The van der Waals surface area contributed by atoms with E-state index < -0.39 is 0 Å². The Morgan fingerprint density at radius 1 is 1.36 bits per heavy atom. The van der Waals surface area contributed by atoms with Gasteiger partial charge in [-0.15, -0.1) is 0 Å². The summed E-state index contributed by atoms with van der Waals surface area (Å²) in [5.74, 6) is 2.04. The minimum atomic E-state index is 0.877. The minimum absolute atomic E-state index is 0.877. The Morgan fingerprint density at radius 3 is 2.64 bits per heavy atom. The van der Waals surface area contributed by atoms with E-state index >= 15 is 0 Å². The van der Waals surface area contributed by atoms with Gasteiger partial charge >= 0.3 is 75.1 Å². The molecule has 2 N–H and O–H groups in total. The van der Waals surface area contributed by atoms with Crippen molar-refractivity contribution in [2.75, 3.05) is 5.73 Å². The van der Waals surface area contributed by atoms with Gasteiger partial charge in [0, 0.05) is 0 Å². The Kier molecular flexibility index (Phi) is 3.64. The van der Waals surface area contributed by atoms with Crippen molar-refractivity contribution in [1.82, 2.24) is 4.98 Å². The summed E-state index contributed by atoms with van der Waals surface area (Å²) in [6, 6.07) is 0. The predicted octanol–water partition coefficient (Wildman–Crippen LogP) is 2.86. The Balaban J connectivity index is 0.000000461. The number of aromatic nitrogens is 1. The molecular weight excluding hydrogens is 191 g/mol. The van der Waals surface area contributed by atoms with Gasteiger partial charge in [0.15, 0.2) is 0 Å². The van der Waals surface area contributed by atoms with Crippen LogP contribution >= 0.6 is 11.3 Å². The van der Waals surface area contributed by atoms with E-state index in [2.05, 4.69) is 4.98 Å². The van der Waals surface area contributed by atoms with Gasteiger partial charge in [0.05, 0.1) is 0 Å². The van der Waals surface area contributed by atoms with Gasteiger partial charge in [0.25, 0.3) is 0 Å². The number of hydrogen-bond donors (Lipinski definition) is 1. The first kappa shape index (κ1) is 11.2. The van der Waals surface area contributed by atoms with Crippen molar-refractivity contribution >= 4 is 34.2 Å². The molecule has 0 aliphatic heterocycles. The summed E-state index contributed by atoms with van der Waals surface area (Å²) in [4.78, 5) is 6.60. The first-order valence-corrected chi connectivity index (χ1v) is 5.62. The fourth-order valence-corrected chi connectivity index (χ4v) is 2.19. The van der Waals surface area contributed by atoms with Crippen molar-refractivity contribution in [3.05, 3.63) is 16.4 Å². The van der Waals surface area contributed by atoms with Gasteiger partial charge in [-0.1, -0.05) is 13.8 Å². The van der Waals surface area contributed by atoms with Crippen LogP contribution in [0, 0.1) is 13.8 Å². The summed E-state index contributed by atoms with van der Waals surface area (Å²) in [7, 11) is 0. The monoisotopic (exact) mass is 206 g/mol. The third kappa shape index (κ3) is 1.95. The van der Waals surface area contributed by atoms with Crippen LogP contribution < -0.4 is 5.73 Å². The van der Waals surface area contributed by atoms with Crippen LogP contribution in [-0.4, -0.2) is 11.9 Å². The number of rotatable bonds is 0. The molecule has 0 aromatic carbocycles. The van der Waals surface area contributed by atoms with E-state index in [1.54, 1.807) is 11.3 Å². The standard InChI is InChI=1S/C8H9BN2S.C2H6/c1-4-7(10)6-3-9-5(2)11-8(6)12-4;1-2/h3H,10H2,1-2H3;1-2H3. The molecular formula is C10H15BN2S. The topological polar surface area (TPSA) is 38.9 Å². The van der Waals surface area contributed by atoms with Crippen LogP contribution in [0.25, 0.3) is 10.2 Å². The van der Waals surface area contributed by atoms with Crippen molar-refractivity contribution in [2.45, 2.75) is 27.7 Å². The molecule has 0 unspecified atom stereocenters. The fraction of sp³-hybridized carbons (Fsp3) is 0.400. The first-order valence-electron chi connectivity index (χ1n) is 4.80. The second-order valence-corrected chi connectivity index (χ2v) is 4.08. The van der Waals surface area contributed by atoms with E-state index in [1.165, 1.54) is 0 Å². The van der Waals surface area contributed by atoms with Gasteiger partial charge < -0.3 is 0 Å². The zero-order valence-corrected chi connectivity index (χ0v) is 9.90. The molecule has 0 bridgehead atoms. The molecule has 2 nitrogen and oxygen atoms in total. The summed E-state index contributed by atoms with van der Waals surface area (Å²) < 4.78 is 0. The number of aryl methyl sites for hydroxylation is 2. The number of fused-ring (bicyclic) bond motifs is 1. The maximum atomic E-state index is 5.86. The van der Waals surface area contributed by atoms with E-state index in [4.69, 9.17) is 5.73 Å². The molecule has 2 aromatic rings. The molecule has 0 aliphatic carbocycles. The maximum absolute atomic E-state index is 5.86. The van der Waals surface area contributed by atoms with Crippen LogP contribution in [0.15, 0.2) is 5.96 Å². The quantitative estimate of drug-likeness (QED) is 0.719. The molecule has 2 aromatic heterocycles. The molecule has 2 heterocycles. The molecule has 2 rings (SSSR count). The SMILES string of the molecule is CC.Cc1bcc2c(N)c(C)sc2n1. The Labute approximate surface area is 89.4 Å². The number of nitrogen functional groups attached to an aromatic ring is 1. The third-order valence-corrected chi connectivity index (χ3v) is 2.95. The van der Waals surface area contributed by atoms with Gasteiger partial charge in [0.1, 0.15) is 0 Å². The molecule has 0 saturated heterocycles. The van der Waals surface area contributed by atoms with E-state index in [0.717, 1.165) is 26.4 Å². The molecule has 0 spiro atoms. The number of hydrogen-bond acceptors (Lipinski definition) is 3. The van der Waals surface area contributed by atoms with Gasteiger partial charge in [-0.2, -0.15) is 0 Å². The Bertz CT molecular complexity index is 437. The van der Waals surface area contributed by atoms with Crippen LogP contribution in [0.4, 0.5) is 5.69 Å². The number of nitrogens with zero attached hydrogens (tertiary/aromatic N) is 1. The third-order valence-electron chi connectivity index (χ3n) is 1.92. The molecule has 4 heteroatoms. The van der Waals surface area contributed by atoms with Crippen LogP contribution in [0.3, 0.4) is 0 Å². The number of thiophene rings is 1. The number of anilines is 1. The van der Waals surface area contributed by atoms with Crippen LogP contribution in [-0.2, 0) is 0 Å². The molecule has 0 amide bonds. The summed E-state index contributed by atoms with van der Waals surface area (Å²) in [5, 5.41) is 1.09. The number of nitrogens with two attached hydrogens (primary N) is 1. The summed E-state index contributed by atoms with van der Waals surface area (Å²) >= 11 is 1.66. The van der Waals surface area contributed by atoms with Gasteiger partial charge in [-0.25, -0.2) is 0 Å². The van der Waals surface area contributed by atoms with Crippen LogP contribution in [0.1, 0.15) is 24.3 Å². The Morgan fingerprint density at radius 2 is 2.00 bits per heavy atom. The first-order chi connectivity index (χ1) is 6.68. The summed E-state index contributed by atoms with van der Waals surface area (Å²) in [5.41, 5.74) is 7.78. The molecule has 14 heavy (non-hydrogen) atoms. The average Bonchev–Trinajstić information content (AvgIpc) is 2.45. The summed E-state index contributed by atoms with van der Waals surface area (Å²) in [6.45, 7) is 10.0. The van der Waals surface area contributed by atoms with E-state index in [0.29, 0.717) is 0 Å². The molecule has 0 atom stereocenters. The molecule has 0 radical (unpaired) electrons. The normalized spacial score (nSPS) is 9.43. The zero-order chi connectivity index (χ0) is 10.7. The molecule has 0 saturated carbocycles. The molecule has 0 aliphatic rings. The van der Waals surface area contributed by atoms with Gasteiger partial charge in [-0.3, -0.25) is 0 Å². The van der Waals surface area contributed by atoms with Crippen LogP contribution in [0.2, 0.25) is 0 Å². The second kappa shape index (κ2) is 4.55. The van der Waals surface area contributed by atoms with Gasteiger partial charge in [0.2, 0.25) is 0 Å². The summed E-state index contributed by atoms with van der Waals surface area (Å²) in [6.07, 6.45) is 0. The van der Waals surface area contributed by atoms with E-state index in [9.17, 15) is 0 Å². The molecule has 0 fully saturated rings. The zero-order valence-electron chi connectivity index (χ0n) is 9.09. The van der Waals surface area contributed by atoms with Crippen molar-refractivity contribution in [1.29, 1.82) is 0 Å². The predicted molar refractivity (Wildman–Crippen MR) is 66.2 cm³/mol. The van der Waals surface area contributed by atoms with Gasteiger partial charge in [-0.05, 0) is 0 Å². The van der Waals surface area contributed by atoms with Crippen molar-refractivity contribution in [3.8, 4) is 0 Å². The fourth-order valence-electron chi connectivity index (χ4n) is 1.21. The van der Waals surface area contributed by atoms with Crippen molar-refractivity contribution in [3.63, 3.8) is 0 Å². The molecule has 74 valence electrons. The van der Waals surface area contributed by atoms with Crippen LogP contribution in [0.5, 0.6) is 0 Å². The second-order valence-electron chi connectivity index (χ2n) is 2.88. The average molecular weight is 206 g/mol.